The Kier molecular flexibility index (Phi) is 6.39. The summed E-state index contributed by atoms with van der Waals surface area (Å²) in [7, 11) is -1.89. The molecule has 1 atom stereocenters. The normalized spacial score (nSPS) is 12.5. The minimum absolute atomic E-state index is 0.00718. The second-order valence-electron chi connectivity index (χ2n) is 4.51. The van der Waals surface area contributed by atoms with Crippen LogP contribution in [-0.4, -0.2) is 34.2 Å². The maximum atomic E-state index is 11.8. The molecule has 0 aliphatic heterocycles. The van der Waals surface area contributed by atoms with Gasteiger partial charge in [0.25, 0.3) is 0 Å². The standard InChI is InChI=1S/C14H20N2O4S/c1-4-9-15-14(17)10-13(16-21(3,18)19)11-5-7-12(20-2)8-6-11/h4-8,13,16H,1,9-10H2,2-3H3,(H,15,17)/t13-/m0/s1. The van der Waals surface area contributed by atoms with Crippen molar-refractivity contribution in [3.8, 4) is 5.75 Å². The SMILES string of the molecule is C=CCNC(=O)C[C@H](NS(C)(=O)=O)c1ccc(OC)cc1. The van der Waals surface area contributed by atoms with Crippen LogP contribution in [0.4, 0.5) is 0 Å². The number of ether oxygens (including phenoxy) is 1. The predicted octanol–water partition coefficient (Wildman–Crippen LogP) is 0.978. The Labute approximate surface area is 125 Å². The number of rotatable bonds is 8. The van der Waals surface area contributed by atoms with Crippen LogP contribution in [0.15, 0.2) is 36.9 Å². The maximum absolute atomic E-state index is 11.8. The van der Waals surface area contributed by atoms with Crippen molar-refractivity contribution in [2.45, 2.75) is 12.5 Å². The molecule has 6 nitrogen and oxygen atoms in total. The van der Waals surface area contributed by atoms with Gasteiger partial charge in [0.1, 0.15) is 5.75 Å². The van der Waals surface area contributed by atoms with Crippen LogP contribution in [-0.2, 0) is 14.8 Å². The number of benzene rings is 1. The Morgan fingerprint density at radius 2 is 2.00 bits per heavy atom. The van der Waals surface area contributed by atoms with Gasteiger partial charge in [-0.2, -0.15) is 0 Å². The Hall–Kier alpha value is -1.86. The van der Waals surface area contributed by atoms with Gasteiger partial charge in [-0.3, -0.25) is 4.79 Å². The molecule has 0 heterocycles. The van der Waals surface area contributed by atoms with Crippen LogP contribution in [0.1, 0.15) is 18.0 Å². The zero-order chi connectivity index (χ0) is 15.9. The van der Waals surface area contributed by atoms with Crippen molar-refractivity contribution in [1.29, 1.82) is 0 Å². The first-order valence-corrected chi connectivity index (χ1v) is 8.23. The first-order valence-electron chi connectivity index (χ1n) is 6.34. The van der Waals surface area contributed by atoms with Crippen LogP contribution in [0.3, 0.4) is 0 Å². The van der Waals surface area contributed by atoms with Gasteiger partial charge in [-0.25, -0.2) is 13.1 Å². The first-order chi connectivity index (χ1) is 9.85. The average molecular weight is 312 g/mol. The van der Waals surface area contributed by atoms with E-state index in [9.17, 15) is 13.2 Å². The third-order valence-electron chi connectivity index (χ3n) is 2.71. The van der Waals surface area contributed by atoms with E-state index in [0.717, 1.165) is 6.26 Å². The number of hydrogen-bond donors (Lipinski definition) is 2. The van der Waals surface area contributed by atoms with Gasteiger partial charge in [0.05, 0.1) is 19.4 Å². The van der Waals surface area contributed by atoms with E-state index >= 15 is 0 Å². The van der Waals surface area contributed by atoms with Crippen molar-refractivity contribution in [1.82, 2.24) is 10.0 Å². The fourth-order valence-corrected chi connectivity index (χ4v) is 2.50. The second kappa shape index (κ2) is 7.80. The van der Waals surface area contributed by atoms with Gasteiger partial charge in [-0.05, 0) is 17.7 Å². The Morgan fingerprint density at radius 3 is 2.48 bits per heavy atom. The molecule has 1 amide bonds. The van der Waals surface area contributed by atoms with Gasteiger partial charge in [0.15, 0.2) is 0 Å². The molecule has 1 aromatic rings. The summed E-state index contributed by atoms with van der Waals surface area (Å²) >= 11 is 0. The zero-order valence-corrected chi connectivity index (χ0v) is 12.9. The van der Waals surface area contributed by atoms with Gasteiger partial charge >= 0.3 is 0 Å². The summed E-state index contributed by atoms with van der Waals surface area (Å²) in [5, 5.41) is 2.62. The molecule has 116 valence electrons. The van der Waals surface area contributed by atoms with E-state index in [1.165, 1.54) is 0 Å². The quantitative estimate of drug-likeness (QED) is 0.701. The first kappa shape index (κ1) is 17.2. The van der Waals surface area contributed by atoms with Gasteiger partial charge < -0.3 is 10.1 Å². The van der Waals surface area contributed by atoms with Crippen LogP contribution < -0.4 is 14.8 Å². The van der Waals surface area contributed by atoms with Crippen LogP contribution in [0.25, 0.3) is 0 Å². The highest BCUT2D eigenvalue weighted by atomic mass is 32.2. The molecule has 1 aromatic carbocycles. The average Bonchev–Trinajstić information content (AvgIpc) is 2.43. The van der Waals surface area contributed by atoms with E-state index in [1.54, 1.807) is 37.5 Å². The summed E-state index contributed by atoms with van der Waals surface area (Å²) in [6, 6.07) is 6.25. The number of hydrogen-bond acceptors (Lipinski definition) is 4. The minimum Gasteiger partial charge on any atom is -0.497 e. The molecule has 0 saturated carbocycles. The number of carbonyl (C=O) groups is 1. The third-order valence-corrected chi connectivity index (χ3v) is 3.42. The zero-order valence-electron chi connectivity index (χ0n) is 12.1. The summed E-state index contributed by atoms with van der Waals surface area (Å²) in [6.45, 7) is 3.85. The van der Waals surface area contributed by atoms with Crippen LogP contribution in [0.5, 0.6) is 5.75 Å². The van der Waals surface area contributed by atoms with Crippen molar-refractivity contribution in [3.63, 3.8) is 0 Å². The smallest absolute Gasteiger partial charge is 0.222 e. The fourth-order valence-electron chi connectivity index (χ4n) is 1.77. The minimum atomic E-state index is -3.43. The van der Waals surface area contributed by atoms with Crippen molar-refractivity contribution in [2.24, 2.45) is 0 Å². The number of amides is 1. The van der Waals surface area contributed by atoms with E-state index in [2.05, 4.69) is 16.6 Å². The number of sulfonamides is 1. The molecule has 0 aliphatic rings. The van der Waals surface area contributed by atoms with E-state index in [0.29, 0.717) is 17.9 Å². The number of methoxy groups -OCH3 is 1. The molecule has 0 saturated heterocycles. The lowest BCUT2D eigenvalue weighted by Gasteiger charge is -2.18. The highest BCUT2D eigenvalue weighted by molar-refractivity contribution is 7.88. The lowest BCUT2D eigenvalue weighted by Crippen LogP contribution is -2.33. The number of nitrogens with one attached hydrogen (secondary N) is 2. The van der Waals surface area contributed by atoms with Crippen molar-refractivity contribution in [2.75, 3.05) is 19.9 Å². The van der Waals surface area contributed by atoms with Gasteiger partial charge in [0.2, 0.25) is 15.9 Å². The van der Waals surface area contributed by atoms with Gasteiger partial charge in [-0.15, -0.1) is 6.58 Å². The summed E-state index contributed by atoms with van der Waals surface area (Å²) in [6.07, 6.45) is 2.63. The maximum Gasteiger partial charge on any atom is 0.222 e. The van der Waals surface area contributed by atoms with Crippen LogP contribution in [0.2, 0.25) is 0 Å². The molecular formula is C14H20N2O4S. The molecule has 0 fully saturated rings. The summed E-state index contributed by atoms with van der Waals surface area (Å²) in [5.74, 6) is 0.403. The Morgan fingerprint density at radius 1 is 1.38 bits per heavy atom. The highest BCUT2D eigenvalue weighted by Crippen LogP contribution is 2.21. The van der Waals surface area contributed by atoms with Crippen molar-refractivity contribution < 1.29 is 17.9 Å². The van der Waals surface area contributed by atoms with E-state index in [1.807, 2.05) is 0 Å². The summed E-state index contributed by atoms with van der Waals surface area (Å²) in [4.78, 5) is 11.8. The van der Waals surface area contributed by atoms with E-state index in [4.69, 9.17) is 4.74 Å². The molecule has 0 radical (unpaired) electrons. The summed E-state index contributed by atoms with van der Waals surface area (Å²) < 4.78 is 30.4. The molecule has 0 unspecified atom stereocenters. The lowest BCUT2D eigenvalue weighted by molar-refractivity contribution is -0.121. The molecular weight excluding hydrogens is 292 g/mol. The molecule has 0 spiro atoms. The predicted molar refractivity (Wildman–Crippen MR) is 81.5 cm³/mol. The topological polar surface area (TPSA) is 84.5 Å². The Balaban J connectivity index is 2.89. The van der Waals surface area contributed by atoms with Crippen molar-refractivity contribution >= 4 is 15.9 Å². The molecule has 0 aromatic heterocycles. The summed E-state index contributed by atoms with van der Waals surface area (Å²) in [5.41, 5.74) is 0.690. The third kappa shape index (κ3) is 6.42. The largest absolute Gasteiger partial charge is 0.497 e. The molecule has 7 heteroatoms. The molecule has 0 aliphatic carbocycles. The van der Waals surface area contributed by atoms with Crippen LogP contribution >= 0.6 is 0 Å². The monoisotopic (exact) mass is 312 g/mol. The van der Waals surface area contributed by atoms with Crippen LogP contribution in [0, 0.1) is 0 Å². The molecule has 21 heavy (non-hydrogen) atoms. The highest BCUT2D eigenvalue weighted by Gasteiger charge is 2.19. The lowest BCUT2D eigenvalue weighted by atomic mass is 10.0. The van der Waals surface area contributed by atoms with Gasteiger partial charge in [0, 0.05) is 13.0 Å². The van der Waals surface area contributed by atoms with E-state index in [-0.39, 0.29) is 12.3 Å². The van der Waals surface area contributed by atoms with Gasteiger partial charge in [-0.1, -0.05) is 18.2 Å². The second-order valence-corrected chi connectivity index (χ2v) is 6.29. The molecule has 2 N–H and O–H groups in total. The Bertz CT molecular complexity index is 581. The number of carbonyl (C=O) groups excluding carboxylic acids is 1. The van der Waals surface area contributed by atoms with E-state index < -0.39 is 16.1 Å². The van der Waals surface area contributed by atoms with Crippen molar-refractivity contribution in [3.05, 3.63) is 42.5 Å². The molecule has 1 rings (SSSR count). The molecule has 0 bridgehead atoms. The fraction of sp³-hybridized carbons (Fsp3) is 0.357.